The van der Waals surface area contributed by atoms with E-state index in [1.807, 2.05) is 48.5 Å². The van der Waals surface area contributed by atoms with Gasteiger partial charge in [0.05, 0.1) is 5.69 Å². The molecule has 1 N–H and O–H groups in total. The van der Waals surface area contributed by atoms with Gasteiger partial charge < -0.3 is 5.32 Å². The number of hydrogen-bond donors (Lipinski definition) is 3. The second-order valence-corrected chi connectivity index (χ2v) is 4.19. The van der Waals surface area contributed by atoms with Gasteiger partial charge in [-0.1, -0.05) is 12.1 Å². The molecular weight excluding hydrogens is 222 g/mol. The summed E-state index contributed by atoms with van der Waals surface area (Å²) in [5.41, 5.74) is 2.04. The van der Waals surface area contributed by atoms with E-state index in [4.69, 9.17) is 0 Å². The van der Waals surface area contributed by atoms with E-state index in [9.17, 15) is 0 Å². The number of hydrogen-bond acceptors (Lipinski definition) is 3. The number of thiol groups is 2. The van der Waals surface area contributed by atoms with Crippen LogP contribution in [0, 0.1) is 0 Å². The molecule has 2 aromatic carbocycles. The SMILES string of the molecule is Sc1ccc(Nc2ccccc2S)cc1. The summed E-state index contributed by atoms with van der Waals surface area (Å²) in [7, 11) is 0. The molecule has 0 heterocycles. The summed E-state index contributed by atoms with van der Waals surface area (Å²) in [6.07, 6.45) is 0. The maximum absolute atomic E-state index is 4.37. The van der Waals surface area contributed by atoms with E-state index in [0.29, 0.717) is 0 Å². The zero-order valence-electron chi connectivity index (χ0n) is 8.01. The zero-order chi connectivity index (χ0) is 10.7. The van der Waals surface area contributed by atoms with Gasteiger partial charge in [-0.3, -0.25) is 0 Å². The van der Waals surface area contributed by atoms with Crippen LogP contribution in [-0.2, 0) is 0 Å². The van der Waals surface area contributed by atoms with Crippen molar-refractivity contribution in [2.24, 2.45) is 0 Å². The molecule has 0 aliphatic carbocycles. The van der Waals surface area contributed by atoms with Crippen molar-refractivity contribution in [3.05, 3.63) is 48.5 Å². The second-order valence-electron chi connectivity index (χ2n) is 3.19. The van der Waals surface area contributed by atoms with Crippen molar-refractivity contribution in [3.8, 4) is 0 Å². The molecule has 0 unspecified atom stereocenters. The zero-order valence-corrected chi connectivity index (χ0v) is 9.80. The van der Waals surface area contributed by atoms with Gasteiger partial charge in [0.2, 0.25) is 0 Å². The summed E-state index contributed by atoms with van der Waals surface area (Å²) in [6.45, 7) is 0. The van der Waals surface area contributed by atoms with Gasteiger partial charge in [0.15, 0.2) is 0 Å². The number of para-hydroxylation sites is 1. The van der Waals surface area contributed by atoms with Crippen molar-refractivity contribution in [3.63, 3.8) is 0 Å². The first kappa shape index (κ1) is 10.5. The normalized spacial score (nSPS) is 10.0. The minimum Gasteiger partial charge on any atom is -0.355 e. The maximum Gasteiger partial charge on any atom is 0.0519 e. The van der Waals surface area contributed by atoms with Crippen LogP contribution >= 0.6 is 25.3 Å². The van der Waals surface area contributed by atoms with Crippen molar-refractivity contribution >= 4 is 36.6 Å². The third-order valence-electron chi connectivity index (χ3n) is 2.05. The molecule has 15 heavy (non-hydrogen) atoms. The van der Waals surface area contributed by atoms with Crippen LogP contribution in [-0.4, -0.2) is 0 Å². The van der Waals surface area contributed by atoms with Gasteiger partial charge in [0.1, 0.15) is 0 Å². The molecule has 1 nitrogen and oxygen atoms in total. The Morgan fingerprint density at radius 1 is 0.800 bits per heavy atom. The van der Waals surface area contributed by atoms with Crippen LogP contribution in [0.4, 0.5) is 11.4 Å². The molecule has 0 fully saturated rings. The molecule has 0 amide bonds. The molecule has 0 bridgehead atoms. The third-order valence-corrected chi connectivity index (χ3v) is 2.74. The first-order valence-corrected chi connectivity index (χ1v) is 5.49. The van der Waals surface area contributed by atoms with Crippen molar-refractivity contribution in [1.29, 1.82) is 0 Å². The Hall–Kier alpha value is -1.06. The first-order valence-electron chi connectivity index (χ1n) is 4.60. The van der Waals surface area contributed by atoms with E-state index < -0.39 is 0 Å². The van der Waals surface area contributed by atoms with Crippen molar-refractivity contribution in [2.45, 2.75) is 9.79 Å². The second kappa shape index (κ2) is 4.64. The van der Waals surface area contributed by atoms with E-state index >= 15 is 0 Å². The van der Waals surface area contributed by atoms with Crippen molar-refractivity contribution < 1.29 is 0 Å². The highest BCUT2D eigenvalue weighted by Gasteiger charge is 1.97. The number of benzene rings is 2. The Morgan fingerprint density at radius 2 is 1.47 bits per heavy atom. The van der Waals surface area contributed by atoms with Gasteiger partial charge >= 0.3 is 0 Å². The molecule has 0 aliphatic heterocycles. The summed E-state index contributed by atoms with van der Waals surface area (Å²) in [5, 5.41) is 3.29. The lowest BCUT2D eigenvalue weighted by atomic mass is 10.2. The fraction of sp³-hybridized carbons (Fsp3) is 0. The van der Waals surface area contributed by atoms with E-state index in [2.05, 4.69) is 30.6 Å². The smallest absolute Gasteiger partial charge is 0.0519 e. The number of anilines is 2. The Bertz CT molecular complexity index is 451. The van der Waals surface area contributed by atoms with Crippen LogP contribution in [0.1, 0.15) is 0 Å². The predicted octanol–water partition coefficient (Wildman–Crippen LogP) is 4.01. The van der Waals surface area contributed by atoms with E-state index in [1.54, 1.807) is 0 Å². The van der Waals surface area contributed by atoms with Gasteiger partial charge in [-0.15, -0.1) is 25.3 Å². The van der Waals surface area contributed by atoms with Gasteiger partial charge in [0, 0.05) is 15.5 Å². The van der Waals surface area contributed by atoms with E-state index in [-0.39, 0.29) is 0 Å². The molecular formula is C12H11NS2. The lowest BCUT2D eigenvalue weighted by molar-refractivity contribution is 1.40. The molecule has 2 rings (SSSR count). The minimum atomic E-state index is 0.937. The molecule has 3 heteroatoms. The lowest BCUT2D eigenvalue weighted by Crippen LogP contribution is -1.90. The summed E-state index contributed by atoms with van der Waals surface area (Å²) >= 11 is 8.61. The number of rotatable bonds is 2. The van der Waals surface area contributed by atoms with Crippen molar-refractivity contribution in [1.82, 2.24) is 0 Å². The fourth-order valence-corrected chi connectivity index (χ4v) is 1.65. The quantitative estimate of drug-likeness (QED) is 0.666. The Morgan fingerprint density at radius 3 is 2.13 bits per heavy atom. The van der Waals surface area contributed by atoms with Crippen LogP contribution in [0.25, 0.3) is 0 Å². The molecule has 0 aliphatic rings. The standard InChI is InChI=1S/C12H11NS2/c14-10-7-5-9(6-8-10)13-11-3-1-2-4-12(11)15/h1-8,13-15H. The fourth-order valence-electron chi connectivity index (χ4n) is 1.28. The molecule has 0 spiro atoms. The van der Waals surface area contributed by atoms with Gasteiger partial charge in [-0.05, 0) is 36.4 Å². The van der Waals surface area contributed by atoms with Crippen LogP contribution in [0.3, 0.4) is 0 Å². The van der Waals surface area contributed by atoms with E-state index in [0.717, 1.165) is 21.2 Å². The third kappa shape index (κ3) is 2.70. The summed E-state index contributed by atoms with van der Waals surface area (Å²) in [6, 6.07) is 15.8. The molecule has 76 valence electrons. The van der Waals surface area contributed by atoms with Gasteiger partial charge in [0.25, 0.3) is 0 Å². The molecule has 0 saturated carbocycles. The highest BCUT2D eigenvalue weighted by molar-refractivity contribution is 7.80. The molecule has 0 atom stereocenters. The summed E-state index contributed by atoms with van der Waals surface area (Å²) in [5.74, 6) is 0. The van der Waals surface area contributed by atoms with Crippen LogP contribution < -0.4 is 5.32 Å². The Balaban J connectivity index is 2.22. The van der Waals surface area contributed by atoms with Crippen LogP contribution in [0.15, 0.2) is 58.3 Å². The average Bonchev–Trinajstić information content (AvgIpc) is 2.25. The lowest BCUT2D eigenvalue weighted by Gasteiger charge is -2.08. The van der Waals surface area contributed by atoms with Gasteiger partial charge in [-0.25, -0.2) is 0 Å². The van der Waals surface area contributed by atoms with Crippen LogP contribution in [0.2, 0.25) is 0 Å². The average molecular weight is 233 g/mol. The summed E-state index contributed by atoms with van der Waals surface area (Å²) in [4.78, 5) is 1.90. The van der Waals surface area contributed by atoms with E-state index in [1.165, 1.54) is 0 Å². The monoisotopic (exact) mass is 233 g/mol. The topological polar surface area (TPSA) is 12.0 Å². The predicted molar refractivity (Wildman–Crippen MR) is 70.7 cm³/mol. The molecule has 2 aromatic rings. The van der Waals surface area contributed by atoms with Crippen LogP contribution in [0.5, 0.6) is 0 Å². The highest BCUT2D eigenvalue weighted by atomic mass is 32.1. The highest BCUT2D eigenvalue weighted by Crippen LogP contribution is 2.23. The Kier molecular flexibility index (Phi) is 3.23. The largest absolute Gasteiger partial charge is 0.355 e. The molecule has 0 radical (unpaired) electrons. The number of nitrogens with one attached hydrogen (secondary N) is 1. The maximum atomic E-state index is 4.37. The van der Waals surface area contributed by atoms with Crippen molar-refractivity contribution in [2.75, 3.05) is 5.32 Å². The van der Waals surface area contributed by atoms with Gasteiger partial charge in [-0.2, -0.15) is 0 Å². The molecule has 0 saturated heterocycles. The molecule has 0 aromatic heterocycles. The Labute approximate surface area is 100 Å². The summed E-state index contributed by atoms with van der Waals surface area (Å²) < 4.78 is 0. The first-order chi connectivity index (χ1) is 7.25. The minimum absolute atomic E-state index is 0.937.